The number of fused-ring (bicyclic) bond motifs is 12. The van der Waals surface area contributed by atoms with Crippen molar-refractivity contribution < 1.29 is 0 Å². The maximum Gasteiger partial charge on any atom is 0.0719 e. The van der Waals surface area contributed by atoms with Crippen LogP contribution in [0.5, 0.6) is 0 Å². The van der Waals surface area contributed by atoms with E-state index in [4.69, 9.17) is 5.73 Å². The summed E-state index contributed by atoms with van der Waals surface area (Å²) in [5.74, 6) is 0. The summed E-state index contributed by atoms with van der Waals surface area (Å²) in [6.07, 6.45) is 12.1. The fraction of sp³-hybridized carbons (Fsp3) is 0.119. The second-order valence-corrected chi connectivity index (χ2v) is 17.2. The van der Waals surface area contributed by atoms with Crippen molar-refractivity contribution in [2.24, 2.45) is 5.73 Å². The van der Waals surface area contributed by atoms with Gasteiger partial charge in [-0.3, -0.25) is 0 Å². The number of hydrogen-bond donors (Lipinski definition) is 1. The number of allylic oxidation sites excluding steroid dienone is 4. The number of benzene rings is 8. The standard InChI is InChI=1S/C59H47N/c1-58(2)51-27-13-15-29-53(51)59(54-30-16-14-28-52(54)58)50-35-34-44(48-36-43-22-9-10-24-45(43)46-25-11-12-26-47(46)48)37-49(50)57-41(23-17-31-55(57)59)32-33-42(39-18-5-3-6-19-39)38-56(60)40-20-7-4-8-21-40/h3-8,10-21,23-31,33-38H,9,22,32,60H2,1-2H3/b42-33+,56-38-. The highest BCUT2D eigenvalue weighted by Crippen LogP contribution is 2.63. The summed E-state index contributed by atoms with van der Waals surface area (Å²) < 4.78 is 0. The van der Waals surface area contributed by atoms with Crippen LogP contribution in [0, 0.1) is 0 Å². The van der Waals surface area contributed by atoms with Crippen LogP contribution in [0.3, 0.4) is 0 Å². The molecule has 0 aliphatic heterocycles. The van der Waals surface area contributed by atoms with E-state index in [1.807, 2.05) is 18.2 Å². The fourth-order valence-corrected chi connectivity index (χ4v) is 10.9. The van der Waals surface area contributed by atoms with Crippen molar-refractivity contribution >= 4 is 28.1 Å². The summed E-state index contributed by atoms with van der Waals surface area (Å²) in [5, 5.41) is 2.63. The van der Waals surface area contributed by atoms with Gasteiger partial charge in [-0.05, 0) is 137 Å². The average Bonchev–Trinajstić information content (AvgIpc) is 3.60. The molecule has 0 amide bonds. The Morgan fingerprint density at radius 1 is 0.567 bits per heavy atom. The SMILES string of the molecule is CC1(C)c2ccccc2C2(c3ccc(-c4cc5c(c6ccccc46)C=CCC5)cc3-c3c(C/C=C(\C=C(/N)c4ccccc4)c4ccccc4)cccc32)c2ccccc21. The van der Waals surface area contributed by atoms with Gasteiger partial charge in [-0.1, -0.05) is 196 Å². The van der Waals surface area contributed by atoms with Gasteiger partial charge >= 0.3 is 0 Å². The Morgan fingerprint density at radius 2 is 1.18 bits per heavy atom. The zero-order chi connectivity index (χ0) is 40.4. The molecule has 0 radical (unpaired) electrons. The van der Waals surface area contributed by atoms with Gasteiger partial charge in [0.1, 0.15) is 0 Å². The highest BCUT2D eigenvalue weighted by molar-refractivity contribution is 6.04. The molecule has 0 saturated heterocycles. The Balaban J connectivity index is 1.18. The quantitative estimate of drug-likeness (QED) is 0.168. The van der Waals surface area contributed by atoms with Crippen molar-refractivity contribution in [1.82, 2.24) is 0 Å². The third kappa shape index (κ3) is 5.46. The average molecular weight is 770 g/mol. The third-order valence-electron chi connectivity index (χ3n) is 13.7. The van der Waals surface area contributed by atoms with E-state index in [0.717, 1.165) is 41.7 Å². The number of nitrogens with two attached hydrogens (primary N) is 1. The van der Waals surface area contributed by atoms with Crippen LogP contribution in [0.15, 0.2) is 194 Å². The second kappa shape index (κ2) is 14.1. The van der Waals surface area contributed by atoms with Crippen LogP contribution in [0.25, 0.3) is 50.4 Å². The van der Waals surface area contributed by atoms with Crippen LogP contribution in [-0.4, -0.2) is 0 Å². The Labute approximate surface area is 353 Å². The van der Waals surface area contributed by atoms with Crippen LogP contribution in [0.2, 0.25) is 0 Å². The molecule has 0 saturated carbocycles. The van der Waals surface area contributed by atoms with Gasteiger partial charge in [-0.2, -0.15) is 0 Å². The first-order valence-corrected chi connectivity index (χ1v) is 21.4. The molecule has 1 nitrogen and oxygen atoms in total. The molecule has 3 aliphatic carbocycles. The lowest BCUT2D eigenvalue weighted by Gasteiger charge is -2.46. The highest BCUT2D eigenvalue weighted by atomic mass is 14.6. The highest BCUT2D eigenvalue weighted by Gasteiger charge is 2.53. The molecule has 0 fully saturated rings. The van der Waals surface area contributed by atoms with Gasteiger partial charge in [0.05, 0.1) is 5.41 Å². The van der Waals surface area contributed by atoms with Gasteiger partial charge in [-0.15, -0.1) is 0 Å². The molecule has 1 heteroatoms. The van der Waals surface area contributed by atoms with Gasteiger partial charge in [0.25, 0.3) is 0 Å². The first-order valence-electron chi connectivity index (χ1n) is 21.4. The van der Waals surface area contributed by atoms with E-state index in [0.29, 0.717) is 0 Å². The van der Waals surface area contributed by atoms with Gasteiger partial charge in [0.2, 0.25) is 0 Å². The molecular weight excluding hydrogens is 723 g/mol. The molecule has 8 aromatic rings. The molecule has 3 aliphatic rings. The van der Waals surface area contributed by atoms with Crippen molar-refractivity contribution in [3.63, 3.8) is 0 Å². The lowest BCUT2D eigenvalue weighted by molar-refractivity contribution is 0.563. The van der Waals surface area contributed by atoms with Crippen LogP contribution < -0.4 is 5.73 Å². The predicted octanol–water partition coefficient (Wildman–Crippen LogP) is 14.1. The summed E-state index contributed by atoms with van der Waals surface area (Å²) in [4.78, 5) is 0. The lowest BCUT2D eigenvalue weighted by atomic mass is 9.55. The summed E-state index contributed by atoms with van der Waals surface area (Å²) in [7, 11) is 0. The first kappa shape index (κ1) is 36.1. The van der Waals surface area contributed by atoms with E-state index in [2.05, 4.69) is 196 Å². The minimum absolute atomic E-state index is 0.159. The Kier molecular flexibility index (Phi) is 8.50. The van der Waals surface area contributed by atoms with Gasteiger partial charge in [0.15, 0.2) is 0 Å². The van der Waals surface area contributed by atoms with Crippen LogP contribution >= 0.6 is 0 Å². The molecule has 0 atom stereocenters. The molecule has 0 aromatic heterocycles. The van der Waals surface area contributed by atoms with Crippen molar-refractivity contribution in [2.75, 3.05) is 0 Å². The van der Waals surface area contributed by atoms with Gasteiger partial charge in [0, 0.05) is 11.1 Å². The number of rotatable bonds is 6. The zero-order valence-corrected chi connectivity index (χ0v) is 34.3. The van der Waals surface area contributed by atoms with Crippen molar-refractivity contribution in [2.45, 2.75) is 43.9 Å². The predicted molar refractivity (Wildman–Crippen MR) is 253 cm³/mol. The summed E-state index contributed by atoms with van der Waals surface area (Å²) in [6, 6.07) is 65.4. The van der Waals surface area contributed by atoms with Crippen molar-refractivity contribution in [1.29, 1.82) is 0 Å². The van der Waals surface area contributed by atoms with Gasteiger partial charge < -0.3 is 5.73 Å². The smallest absolute Gasteiger partial charge is 0.0719 e. The van der Waals surface area contributed by atoms with E-state index in [9.17, 15) is 0 Å². The molecule has 0 bridgehead atoms. The summed E-state index contributed by atoms with van der Waals surface area (Å²) >= 11 is 0. The van der Waals surface area contributed by atoms with Gasteiger partial charge in [-0.25, -0.2) is 0 Å². The third-order valence-corrected chi connectivity index (χ3v) is 13.7. The molecule has 11 rings (SSSR count). The first-order chi connectivity index (χ1) is 29.4. The topological polar surface area (TPSA) is 26.0 Å². The maximum atomic E-state index is 6.83. The minimum atomic E-state index is -0.478. The number of hydrogen-bond acceptors (Lipinski definition) is 1. The normalized spacial score (nSPS) is 15.6. The Hall–Kier alpha value is -6.96. The molecule has 288 valence electrons. The summed E-state index contributed by atoms with van der Waals surface area (Å²) in [6.45, 7) is 4.80. The fourth-order valence-electron chi connectivity index (χ4n) is 10.9. The minimum Gasteiger partial charge on any atom is -0.398 e. The maximum absolute atomic E-state index is 6.83. The zero-order valence-electron chi connectivity index (χ0n) is 34.3. The van der Waals surface area contributed by atoms with E-state index in [1.54, 1.807) is 0 Å². The monoisotopic (exact) mass is 769 g/mol. The van der Waals surface area contributed by atoms with Crippen molar-refractivity contribution in [3.8, 4) is 22.3 Å². The molecule has 1 spiro atoms. The number of aryl methyl sites for hydroxylation is 1. The van der Waals surface area contributed by atoms with E-state index in [-0.39, 0.29) is 5.41 Å². The van der Waals surface area contributed by atoms with Crippen molar-refractivity contribution in [3.05, 3.63) is 255 Å². The van der Waals surface area contributed by atoms with E-state index in [1.165, 1.54) is 83.1 Å². The van der Waals surface area contributed by atoms with Crippen LogP contribution in [-0.2, 0) is 23.7 Å². The molecule has 0 unspecified atom stereocenters. The lowest BCUT2D eigenvalue weighted by Crippen LogP contribution is -2.40. The molecule has 60 heavy (non-hydrogen) atoms. The largest absolute Gasteiger partial charge is 0.398 e. The molecule has 2 N–H and O–H groups in total. The van der Waals surface area contributed by atoms with Crippen LogP contribution in [0.4, 0.5) is 0 Å². The second-order valence-electron chi connectivity index (χ2n) is 17.2. The molecule has 8 aromatic carbocycles. The molecule has 0 heterocycles. The molecular formula is C59H47N. The van der Waals surface area contributed by atoms with E-state index < -0.39 is 5.41 Å². The van der Waals surface area contributed by atoms with E-state index >= 15 is 0 Å². The summed E-state index contributed by atoms with van der Waals surface area (Å²) in [5.41, 5.74) is 27.8. The Bertz CT molecular complexity index is 3030. The van der Waals surface area contributed by atoms with Crippen LogP contribution in [0.1, 0.15) is 81.5 Å². The Morgan fingerprint density at radius 3 is 1.90 bits per heavy atom.